The van der Waals surface area contributed by atoms with Crippen LogP contribution in [0.1, 0.15) is 15.9 Å². The van der Waals surface area contributed by atoms with Crippen molar-refractivity contribution in [2.45, 2.75) is 6.54 Å². The Morgan fingerprint density at radius 2 is 2.00 bits per heavy atom. The summed E-state index contributed by atoms with van der Waals surface area (Å²) in [6, 6.07) is 8.49. The van der Waals surface area contributed by atoms with Crippen LogP contribution >= 0.6 is 0 Å². The minimum atomic E-state index is -1.39. The van der Waals surface area contributed by atoms with Gasteiger partial charge in [-0.1, -0.05) is 18.2 Å². The lowest BCUT2D eigenvalue weighted by molar-refractivity contribution is -0.385. The van der Waals surface area contributed by atoms with Crippen LogP contribution in [-0.4, -0.2) is 20.6 Å². The van der Waals surface area contributed by atoms with Crippen molar-refractivity contribution in [3.63, 3.8) is 0 Å². The summed E-state index contributed by atoms with van der Waals surface area (Å²) in [5, 5.41) is 20.0. The smallest absolute Gasteiger partial charge is 0.343 e. The SMILES string of the molecule is O=C(O)c1c(Cn2ccccc2=O)cccc1[N+](=O)[O-]. The highest BCUT2D eigenvalue weighted by Gasteiger charge is 2.23. The molecule has 0 aliphatic carbocycles. The molecule has 2 rings (SSSR count). The van der Waals surface area contributed by atoms with Crippen molar-refractivity contribution in [2.75, 3.05) is 0 Å². The molecule has 0 amide bonds. The highest BCUT2D eigenvalue weighted by Crippen LogP contribution is 2.22. The largest absolute Gasteiger partial charge is 0.477 e. The second kappa shape index (κ2) is 5.35. The van der Waals surface area contributed by atoms with Crippen LogP contribution in [0.25, 0.3) is 0 Å². The summed E-state index contributed by atoms with van der Waals surface area (Å²) in [6.07, 6.45) is 1.49. The van der Waals surface area contributed by atoms with E-state index in [0.717, 1.165) is 6.07 Å². The highest BCUT2D eigenvalue weighted by molar-refractivity contribution is 5.94. The molecule has 0 atom stereocenters. The Labute approximate surface area is 112 Å². The predicted molar refractivity (Wildman–Crippen MR) is 69.9 cm³/mol. The van der Waals surface area contributed by atoms with E-state index in [1.54, 1.807) is 12.1 Å². The van der Waals surface area contributed by atoms with Gasteiger partial charge in [0.25, 0.3) is 11.2 Å². The van der Waals surface area contributed by atoms with Gasteiger partial charge in [0, 0.05) is 18.3 Å². The summed E-state index contributed by atoms with van der Waals surface area (Å²) < 4.78 is 1.28. The third-order valence-electron chi connectivity index (χ3n) is 2.78. The molecule has 1 aromatic carbocycles. The van der Waals surface area contributed by atoms with Crippen molar-refractivity contribution in [3.05, 3.63) is 74.2 Å². The molecule has 7 nitrogen and oxygen atoms in total. The fourth-order valence-electron chi connectivity index (χ4n) is 1.89. The summed E-state index contributed by atoms with van der Waals surface area (Å²) in [4.78, 5) is 33.0. The second-order valence-electron chi connectivity index (χ2n) is 4.04. The van der Waals surface area contributed by atoms with Crippen molar-refractivity contribution in [1.82, 2.24) is 4.57 Å². The zero-order valence-corrected chi connectivity index (χ0v) is 10.2. The normalized spacial score (nSPS) is 10.2. The topological polar surface area (TPSA) is 102 Å². The quantitative estimate of drug-likeness (QED) is 0.672. The molecule has 1 aromatic heterocycles. The molecule has 0 saturated heterocycles. The average molecular weight is 274 g/mol. The van der Waals surface area contributed by atoms with E-state index < -0.39 is 22.1 Å². The molecule has 7 heteroatoms. The Morgan fingerprint density at radius 1 is 1.25 bits per heavy atom. The second-order valence-corrected chi connectivity index (χ2v) is 4.04. The van der Waals surface area contributed by atoms with Crippen molar-refractivity contribution >= 4 is 11.7 Å². The van der Waals surface area contributed by atoms with Crippen molar-refractivity contribution in [2.24, 2.45) is 0 Å². The van der Waals surface area contributed by atoms with E-state index in [1.807, 2.05) is 0 Å². The molecule has 102 valence electrons. The van der Waals surface area contributed by atoms with Crippen molar-refractivity contribution in [3.8, 4) is 0 Å². The molecule has 0 spiro atoms. The maximum absolute atomic E-state index is 11.6. The molecule has 20 heavy (non-hydrogen) atoms. The molecule has 0 aliphatic heterocycles. The first kappa shape index (κ1) is 13.5. The van der Waals surface area contributed by atoms with E-state index >= 15 is 0 Å². The van der Waals surface area contributed by atoms with E-state index in [9.17, 15) is 19.7 Å². The number of rotatable bonds is 4. The molecule has 0 bridgehead atoms. The van der Waals surface area contributed by atoms with Gasteiger partial charge in [0.1, 0.15) is 5.56 Å². The van der Waals surface area contributed by atoms with Gasteiger partial charge >= 0.3 is 5.97 Å². The molecular weight excluding hydrogens is 264 g/mol. The van der Waals surface area contributed by atoms with Gasteiger partial charge in [-0.2, -0.15) is 0 Å². The average Bonchev–Trinajstić information content (AvgIpc) is 2.40. The number of benzene rings is 1. The Balaban J connectivity index is 2.55. The van der Waals surface area contributed by atoms with Gasteiger partial charge in [-0.3, -0.25) is 14.9 Å². The fraction of sp³-hybridized carbons (Fsp3) is 0.0769. The summed E-state index contributed by atoms with van der Waals surface area (Å²) in [7, 11) is 0. The number of carboxylic acids is 1. The lowest BCUT2D eigenvalue weighted by Gasteiger charge is -2.08. The number of hydrogen-bond acceptors (Lipinski definition) is 4. The summed E-state index contributed by atoms with van der Waals surface area (Å²) in [6.45, 7) is -0.0387. The standard InChI is InChI=1S/C13H10N2O5/c16-11-6-1-2-7-14(11)8-9-4-3-5-10(15(19)20)12(9)13(17)18/h1-7H,8H2,(H,17,18). The lowest BCUT2D eigenvalue weighted by atomic mass is 10.1. The molecule has 0 aliphatic rings. The van der Waals surface area contributed by atoms with E-state index in [-0.39, 0.29) is 17.7 Å². The third kappa shape index (κ3) is 2.56. The first-order valence-electron chi connectivity index (χ1n) is 5.65. The summed E-state index contributed by atoms with van der Waals surface area (Å²) in [5.41, 5.74) is -0.984. The minimum Gasteiger partial charge on any atom is -0.477 e. The maximum atomic E-state index is 11.6. The number of pyridine rings is 1. The number of nitro benzene ring substituents is 1. The van der Waals surface area contributed by atoms with Gasteiger partial charge in [-0.25, -0.2) is 4.79 Å². The zero-order valence-electron chi connectivity index (χ0n) is 10.2. The molecule has 2 aromatic rings. The van der Waals surface area contributed by atoms with Crippen molar-refractivity contribution in [1.29, 1.82) is 0 Å². The predicted octanol–water partition coefficient (Wildman–Crippen LogP) is 1.50. The number of aromatic nitrogens is 1. The number of carbonyl (C=O) groups is 1. The van der Waals surface area contributed by atoms with E-state index in [1.165, 1.54) is 29.0 Å². The molecular formula is C13H10N2O5. The van der Waals surface area contributed by atoms with E-state index in [2.05, 4.69) is 0 Å². The first-order chi connectivity index (χ1) is 9.50. The Morgan fingerprint density at radius 3 is 2.60 bits per heavy atom. The Kier molecular flexibility index (Phi) is 3.60. The van der Waals surface area contributed by atoms with Crippen LogP contribution in [0.2, 0.25) is 0 Å². The van der Waals surface area contributed by atoms with Gasteiger partial charge in [0.2, 0.25) is 0 Å². The van der Waals surface area contributed by atoms with E-state index in [0.29, 0.717) is 0 Å². The van der Waals surface area contributed by atoms with Gasteiger partial charge in [0.15, 0.2) is 0 Å². The lowest BCUT2D eigenvalue weighted by Crippen LogP contribution is -2.20. The van der Waals surface area contributed by atoms with E-state index in [4.69, 9.17) is 5.11 Å². The van der Waals surface area contributed by atoms with Crippen LogP contribution in [0.4, 0.5) is 5.69 Å². The number of carboxylic acid groups (broad SMARTS) is 1. The zero-order chi connectivity index (χ0) is 14.7. The molecule has 1 heterocycles. The van der Waals surface area contributed by atoms with Gasteiger partial charge < -0.3 is 9.67 Å². The fourth-order valence-corrected chi connectivity index (χ4v) is 1.89. The minimum absolute atomic E-state index is 0.0387. The third-order valence-corrected chi connectivity index (χ3v) is 2.78. The first-order valence-corrected chi connectivity index (χ1v) is 5.65. The number of aromatic carboxylic acids is 1. The maximum Gasteiger partial charge on any atom is 0.343 e. The number of nitro groups is 1. The van der Waals surface area contributed by atoms with Crippen molar-refractivity contribution < 1.29 is 14.8 Å². The van der Waals surface area contributed by atoms with Crippen LogP contribution in [0.15, 0.2) is 47.4 Å². The monoisotopic (exact) mass is 274 g/mol. The Bertz CT molecular complexity index is 736. The molecule has 1 N–H and O–H groups in total. The Hall–Kier alpha value is -2.96. The summed E-state index contributed by atoms with van der Waals surface area (Å²) in [5.74, 6) is -1.39. The van der Waals surface area contributed by atoms with Crippen LogP contribution in [0, 0.1) is 10.1 Å². The van der Waals surface area contributed by atoms with Crippen LogP contribution in [-0.2, 0) is 6.54 Å². The van der Waals surface area contributed by atoms with Gasteiger partial charge in [0.05, 0.1) is 11.5 Å². The van der Waals surface area contributed by atoms with Crippen LogP contribution in [0.5, 0.6) is 0 Å². The molecule has 0 saturated carbocycles. The molecule has 0 fully saturated rings. The molecule has 0 unspecified atom stereocenters. The van der Waals surface area contributed by atoms with Crippen LogP contribution in [0.3, 0.4) is 0 Å². The molecule has 0 radical (unpaired) electrons. The van der Waals surface area contributed by atoms with Gasteiger partial charge in [-0.05, 0) is 11.6 Å². The summed E-state index contributed by atoms with van der Waals surface area (Å²) >= 11 is 0. The van der Waals surface area contributed by atoms with Gasteiger partial charge in [-0.15, -0.1) is 0 Å². The van der Waals surface area contributed by atoms with Crippen LogP contribution < -0.4 is 5.56 Å². The number of nitrogens with zero attached hydrogens (tertiary/aromatic N) is 2. The highest BCUT2D eigenvalue weighted by atomic mass is 16.6. The number of hydrogen-bond donors (Lipinski definition) is 1.